The van der Waals surface area contributed by atoms with Crippen molar-refractivity contribution in [2.45, 2.75) is 40.3 Å². The number of carbonyl (C=O) groups is 1. The summed E-state index contributed by atoms with van der Waals surface area (Å²) in [5.41, 5.74) is 2.26. The molecule has 3 rings (SSSR count). The Morgan fingerprint density at radius 1 is 1.15 bits per heavy atom. The SMILES string of the molecule is CCCn1c(C)cc(C(=O)Cn2cnc3c2c(=O)n(C)c(=O)n3C)c1C. The number of aryl methyl sites for hydroxylation is 2. The molecule has 0 amide bonds. The standard InChI is InChI=1S/C18H23N5O3/c1-6-7-23-11(2)8-13(12(23)3)14(24)9-22-10-19-16-15(22)17(25)21(5)18(26)20(16)4/h8,10H,6-7,9H2,1-5H3. The normalized spacial score (nSPS) is 11.4. The minimum Gasteiger partial charge on any atom is -0.348 e. The molecule has 0 saturated heterocycles. The van der Waals surface area contributed by atoms with Gasteiger partial charge in [-0.3, -0.25) is 18.7 Å². The molecule has 138 valence electrons. The van der Waals surface area contributed by atoms with Gasteiger partial charge in [0.15, 0.2) is 16.9 Å². The van der Waals surface area contributed by atoms with Crippen LogP contribution in [0.2, 0.25) is 0 Å². The van der Waals surface area contributed by atoms with E-state index in [1.807, 2.05) is 19.9 Å². The van der Waals surface area contributed by atoms with Crippen molar-refractivity contribution in [3.8, 4) is 0 Å². The molecule has 0 unspecified atom stereocenters. The molecule has 8 heteroatoms. The second-order valence-electron chi connectivity index (χ2n) is 6.61. The van der Waals surface area contributed by atoms with Gasteiger partial charge in [0.1, 0.15) is 0 Å². The number of rotatable bonds is 5. The third kappa shape index (κ3) is 2.61. The summed E-state index contributed by atoms with van der Waals surface area (Å²) in [4.78, 5) is 41.5. The fraction of sp³-hybridized carbons (Fsp3) is 0.444. The van der Waals surface area contributed by atoms with Crippen LogP contribution in [0, 0.1) is 13.8 Å². The summed E-state index contributed by atoms with van der Waals surface area (Å²) < 4.78 is 5.98. The lowest BCUT2D eigenvalue weighted by molar-refractivity contribution is 0.0972. The van der Waals surface area contributed by atoms with E-state index < -0.39 is 11.2 Å². The molecule has 0 aliphatic carbocycles. The van der Waals surface area contributed by atoms with Crippen molar-refractivity contribution >= 4 is 16.9 Å². The van der Waals surface area contributed by atoms with E-state index in [1.165, 1.54) is 22.5 Å². The summed E-state index contributed by atoms with van der Waals surface area (Å²) in [6.07, 6.45) is 2.43. The number of Topliss-reactive ketones (excluding diaryl/α,β-unsaturated/α-hetero) is 1. The molecule has 3 heterocycles. The van der Waals surface area contributed by atoms with Crippen molar-refractivity contribution in [2.75, 3.05) is 0 Å². The van der Waals surface area contributed by atoms with Gasteiger partial charge in [-0.25, -0.2) is 9.78 Å². The maximum atomic E-state index is 12.9. The maximum Gasteiger partial charge on any atom is 0.332 e. The Balaban J connectivity index is 2.05. The number of fused-ring (bicyclic) bond motifs is 1. The molecule has 0 N–H and O–H groups in total. The molecule has 0 radical (unpaired) electrons. The highest BCUT2D eigenvalue weighted by atomic mass is 16.2. The molecule has 0 aliphatic rings. The second-order valence-corrected chi connectivity index (χ2v) is 6.61. The van der Waals surface area contributed by atoms with E-state index in [0.717, 1.165) is 28.9 Å². The molecule has 0 aromatic carbocycles. The lowest BCUT2D eigenvalue weighted by atomic mass is 10.1. The molecule has 3 aromatic rings. The fourth-order valence-corrected chi connectivity index (χ4v) is 3.41. The van der Waals surface area contributed by atoms with Gasteiger partial charge in [-0.15, -0.1) is 0 Å². The van der Waals surface area contributed by atoms with E-state index in [0.29, 0.717) is 5.56 Å². The third-order valence-corrected chi connectivity index (χ3v) is 4.85. The van der Waals surface area contributed by atoms with E-state index in [1.54, 1.807) is 7.05 Å². The predicted molar refractivity (Wildman–Crippen MR) is 98.7 cm³/mol. The van der Waals surface area contributed by atoms with Crippen LogP contribution in [0.1, 0.15) is 35.1 Å². The van der Waals surface area contributed by atoms with Crippen LogP contribution in [0.4, 0.5) is 0 Å². The van der Waals surface area contributed by atoms with Crippen LogP contribution in [-0.4, -0.2) is 29.0 Å². The number of hydrogen-bond acceptors (Lipinski definition) is 4. The van der Waals surface area contributed by atoms with Crippen molar-refractivity contribution in [3.63, 3.8) is 0 Å². The minimum absolute atomic E-state index is 0.000359. The summed E-state index contributed by atoms with van der Waals surface area (Å²) in [6, 6.07) is 1.89. The predicted octanol–water partition coefficient (Wildman–Crippen LogP) is 1.14. The Hall–Kier alpha value is -2.90. The number of imidazole rings is 1. The first-order valence-electron chi connectivity index (χ1n) is 8.58. The Morgan fingerprint density at radius 3 is 2.50 bits per heavy atom. The molecule has 8 nitrogen and oxygen atoms in total. The van der Waals surface area contributed by atoms with Crippen LogP contribution in [0.5, 0.6) is 0 Å². The smallest absolute Gasteiger partial charge is 0.332 e. The van der Waals surface area contributed by atoms with Crippen LogP contribution < -0.4 is 11.2 Å². The zero-order valence-electron chi connectivity index (χ0n) is 15.7. The van der Waals surface area contributed by atoms with E-state index in [-0.39, 0.29) is 23.5 Å². The van der Waals surface area contributed by atoms with Gasteiger partial charge in [0.05, 0.1) is 12.9 Å². The zero-order valence-corrected chi connectivity index (χ0v) is 15.7. The maximum absolute atomic E-state index is 12.9. The zero-order chi connectivity index (χ0) is 19.2. The van der Waals surface area contributed by atoms with E-state index in [9.17, 15) is 14.4 Å². The highest BCUT2D eigenvalue weighted by molar-refractivity contribution is 5.98. The van der Waals surface area contributed by atoms with E-state index in [2.05, 4.69) is 16.5 Å². The van der Waals surface area contributed by atoms with Crippen LogP contribution in [0.15, 0.2) is 22.0 Å². The second kappa shape index (κ2) is 6.44. The lowest BCUT2D eigenvalue weighted by Gasteiger charge is -2.08. The molecule has 0 spiro atoms. The first kappa shape index (κ1) is 17.9. The molecule has 0 aliphatic heterocycles. The highest BCUT2D eigenvalue weighted by Gasteiger charge is 2.19. The monoisotopic (exact) mass is 357 g/mol. The van der Waals surface area contributed by atoms with Crippen LogP contribution in [0.3, 0.4) is 0 Å². The van der Waals surface area contributed by atoms with E-state index in [4.69, 9.17) is 0 Å². The minimum atomic E-state index is -0.454. The Bertz CT molecular complexity index is 1130. The largest absolute Gasteiger partial charge is 0.348 e. The summed E-state index contributed by atoms with van der Waals surface area (Å²) >= 11 is 0. The third-order valence-electron chi connectivity index (χ3n) is 4.85. The van der Waals surface area contributed by atoms with Gasteiger partial charge in [-0.05, 0) is 26.3 Å². The van der Waals surface area contributed by atoms with Gasteiger partial charge < -0.3 is 9.13 Å². The van der Waals surface area contributed by atoms with Crippen molar-refractivity contribution in [1.82, 2.24) is 23.3 Å². The van der Waals surface area contributed by atoms with Gasteiger partial charge in [-0.2, -0.15) is 0 Å². The van der Waals surface area contributed by atoms with Gasteiger partial charge in [0.25, 0.3) is 5.56 Å². The molecule has 0 saturated carbocycles. The molecule has 0 bridgehead atoms. The van der Waals surface area contributed by atoms with Gasteiger partial charge in [-0.1, -0.05) is 6.92 Å². The first-order valence-corrected chi connectivity index (χ1v) is 8.58. The van der Waals surface area contributed by atoms with Crippen LogP contribution in [0.25, 0.3) is 11.2 Å². The molecular formula is C18H23N5O3. The average molecular weight is 357 g/mol. The van der Waals surface area contributed by atoms with Crippen molar-refractivity contribution in [2.24, 2.45) is 14.1 Å². The van der Waals surface area contributed by atoms with Crippen molar-refractivity contribution in [3.05, 3.63) is 50.2 Å². The fourth-order valence-electron chi connectivity index (χ4n) is 3.41. The molecule has 0 atom stereocenters. The Labute approximate surface area is 150 Å². The van der Waals surface area contributed by atoms with Crippen molar-refractivity contribution in [1.29, 1.82) is 0 Å². The molecule has 3 aromatic heterocycles. The Kier molecular flexibility index (Phi) is 4.43. The highest BCUT2D eigenvalue weighted by Crippen LogP contribution is 2.17. The van der Waals surface area contributed by atoms with Crippen molar-refractivity contribution < 1.29 is 4.79 Å². The van der Waals surface area contributed by atoms with Gasteiger partial charge in [0, 0.05) is 37.6 Å². The summed E-state index contributed by atoms with van der Waals surface area (Å²) in [6.45, 7) is 6.88. The van der Waals surface area contributed by atoms with Gasteiger partial charge >= 0.3 is 5.69 Å². The number of hydrogen-bond donors (Lipinski definition) is 0. The topological polar surface area (TPSA) is 83.8 Å². The molecular weight excluding hydrogens is 334 g/mol. The summed E-state index contributed by atoms with van der Waals surface area (Å²) in [5, 5.41) is 0. The Morgan fingerprint density at radius 2 is 1.85 bits per heavy atom. The number of aromatic nitrogens is 5. The number of ketones is 1. The van der Waals surface area contributed by atoms with Crippen LogP contribution in [-0.2, 0) is 27.2 Å². The molecule has 0 fully saturated rings. The lowest BCUT2D eigenvalue weighted by Crippen LogP contribution is -2.37. The van der Waals surface area contributed by atoms with Crippen LogP contribution >= 0.6 is 0 Å². The first-order chi connectivity index (χ1) is 12.3. The summed E-state index contributed by atoms with van der Waals surface area (Å²) in [7, 11) is 2.98. The number of nitrogens with zero attached hydrogens (tertiary/aromatic N) is 5. The molecule has 26 heavy (non-hydrogen) atoms. The quantitative estimate of drug-likeness (QED) is 0.641. The summed E-state index contributed by atoms with van der Waals surface area (Å²) in [5.74, 6) is -0.0874. The number of carbonyl (C=O) groups excluding carboxylic acids is 1. The average Bonchev–Trinajstić information content (AvgIpc) is 3.14. The van der Waals surface area contributed by atoms with Gasteiger partial charge in [0.2, 0.25) is 0 Å². The van der Waals surface area contributed by atoms with E-state index >= 15 is 0 Å².